The Balaban J connectivity index is 1.65. The predicted octanol–water partition coefficient (Wildman–Crippen LogP) is 6.69. The summed E-state index contributed by atoms with van der Waals surface area (Å²) in [6, 6.07) is 29.4. The highest BCUT2D eigenvalue weighted by Gasteiger charge is 2.64. The van der Waals surface area contributed by atoms with Crippen LogP contribution in [-0.4, -0.2) is 16.8 Å². The first-order valence-electron chi connectivity index (χ1n) is 11.9. The second-order valence-electron chi connectivity index (χ2n) is 9.42. The van der Waals surface area contributed by atoms with E-state index in [1.165, 1.54) is 12.1 Å². The van der Waals surface area contributed by atoms with E-state index in [0.29, 0.717) is 11.3 Å². The maximum atomic E-state index is 14.5. The smallest absolute Gasteiger partial charge is 0.250 e. The molecule has 2 unspecified atom stereocenters. The molecule has 1 saturated heterocycles. The van der Waals surface area contributed by atoms with Crippen molar-refractivity contribution in [2.75, 3.05) is 5.32 Å². The van der Waals surface area contributed by atoms with E-state index in [4.69, 9.17) is 0 Å². The van der Waals surface area contributed by atoms with Crippen molar-refractivity contribution in [2.45, 2.75) is 17.5 Å². The number of hydrogen-bond donors (Lipinski definition) is 3. The summed E-state index contributed by atoms with van der Waals surface area (Å²) in [5.41, 5.74) is 2.47. The zero-order valence-corrected chi connectivity index (χ0v) is 22.7. The molecular formula is C30H22Br2N2O3. The number of ketones is 1. The number of halogens is 2. The minimum Gasteiger partial charge on any atom is -0.508 e. The number of amides is 1. The largest absolute Gasteiger partial charge is 0.508 e. The SMILES string of the molecule is O=C(c1ccc(O)cc1)C1[C@H](c2ccccc2Br)[C@@H](c2ccccc2)NC12C(=O)Nc1ccc(Br)cc12. The van der Waals surface area contributed by atoms with Crippen LogP contribution < -0.4 is 10.6 Å². The van der Waals surface area contributed by atoms with Crippen molar-refractivity contribution in [1.29, 1.82) is 0 Å². The summed E-state index contributed by atoms with van der Waals surface area (Å²) in [4.78, 5) is 28.5. The number of fused-ring (bicyclic) bond motifs is 2. The van der Waals surface area contributed by atoms with E-state index in [2.05, 4.69) is 42.5 Å². The second kappa shape index (κ2) is 9.24. The molecule has 0 saturated carbocycles. The lowest BCUT2D eigenvalue weighted by molar-refractivity contribution is -0.122. The normalized spacial score (nSPS) is 24.2. The number of hydrogen-bond acceptors (Lipinski definition) is 4. The van der Waals surface area contributed by atoms with Gasteiger partial charge in [0, 0.05) is 37.7 Å². The third-order valence-electron chi connectivity index (χ3n) is 7.44. The van der Waals surface area contributed by atoms with E-state index in [1.807, 2.05) is 72.8 Å². The standard InChI is InChI=1S/C30H22Br2N2O3/c31-19-12-15-24-22(16-19)30(29(37)33-24)26(28(36)18-10-13-20(35)14-11-18)25(21-8-4-5-9-23(21)32)27(34-30)17-6-2-1-3-7-17/h1-16,25-27,34-35H,(H,33,37)/t25-,26?,27+,30?/m0/s1. The monoisotopic (exact) mass is 616 g/mol. The number of Topliss-reactive ketones (excluding diaryl/α,β-unsaturated/α-hetero) is 1. The number of nitrogens with one attached hydrogen (secondary N) is 2. The molecule has 4 aromatic carbocycles. The van der Waals surface area contributed by atoms with E-state index in [9.17, 15) is 14.7 Å². The summed E-state index contributed by atoms with van der Waals surface area (Å²) in [7, 11) is 0. The summed E-state index contributed by atoms with van der Waals surface area (Å²) >= 11 is 7.29. The van der Waals surface area contributed by atoms with Crippen LogP contribution in [0.4, 0.5) is 5.69 Å². The molecular weight excluding hydrogens is 596 g/mol. The van der Waals surface area contributed by atoms with E-state index in [1.54, 1.807) is 12.1 Å². The zero-order chi connectivity index (χ0) is 25.7. The van der Waals surface area contributed by atoms with Crippen molar-refractivity contribution in [2.24, 2.45) is 5.92 Å². The molecule has 1 fully saturated rings. The Hall–Kier alpha value is -3.26. The van der Waals surface area contributed by atoms with Crippen LogP contribution in [0.2, 0.25) is 0 Å². The summed E-state index contributed by atoms with van der Waals surface area (Å²) in [5, 5.41) is 16.6. The van der Waals surface area contributed by atoms with E-state index < -0.39 is 11.5 Å². The summed E-state index contributed by atoms with van der Waals surface area (Å²) in [6.45, 7) is 0. The number of anilines is 1. The third-order valence-corrected chi connectivity index (χ3v) is 8.65. The van der Waals surface area contributed by atoms with Crippen LogP contribution in [-0.2, 0) is 10.3 Å². The first-order chi connectivity index (χ1) is 17.9. The lowest BCUT2D eigenvalue weighted by atomic mass is 9.69. The highest BCUT2D eigenvalue weighted by Crippen LogP contribution is 2.58. The summed E-state index contributed by atoms with van der Waals surface area (Å²) < 4.78 is 1.69. The fourth-order valence-corrected chi connectivity index (χ4v) is 6.76. The van der Waals surface area contributed by atoms with Crippen LogP contribution in [0.3, 0.4) is 0 Å². The van der Waals surface area contributed by atoms with Crippen molar-refractivity contribution in [3.63, 3.8) is 0 Å². The number of phenolic OH excluding ortho intramolecular Hbond substituents is 1. The molecule has 4 aromatic rings. The molecule has 0 aliphatic carbocycles. The molecule has 1 spiro atoms. The van der Waals surface area contributed by atoms with Crippen molar-refractivity contribution >= 4 is 49.2 Å². The average molecular weight is 618 g/mol. The summed E-state index contributed by atoms with van der Waals surface area (Å²) in [6.07, 6.45) is 0. The van der Waals surface area contributed by atoms with Gasteiger partial charge in [-0.3, -0.25) is 14.9 Å². The molecule has 0 bridgehead atoms. The van der Waals surface area contributed by atoms with Gasteiger partial charge in [0.1, 0.15) is 11.3 Å². The average Bonchev–Trinajstić information content (AvgIpc) is 3.40. The van der Waals surface area contributed by atoms with Gasteiger partial charge in [-0.15, -0.1) is 0 Å². The number of carbonyl (C=O) groups is 2. The Morgan fingerprint density at radius 2 is 1.57 bits per heavy atom. The van der Waals surface area contributed by atoms with Gasteiger partial charge in [-0.1, -0.05) is 80.4 Å². The molecule has 184 valence electrons. The molecule has 0 aromatic heterocycles. The maximum Gasteiger partial charge on any atom is 0.250 e. The van der Waals surface area contributed by atoms with Crippen LogP contribution in [0.1, 0.15) is 39.0 Å². The van der Waals surface area contributed by atoms with Gasteiger partial charge in [-0.05, 0) is 59.7 Å². The van der Waals surface area contributed by atoms with Gasteiger partial charge in [-0.25, -0.2) is 0 Å². The zero-order valence-electron chi connectivity index (χ0n) is 19.5. The minimum atomic E-state index is -1.31. The Labute approximate surface area is 231 Å². The fourth-order valence-electron chi connectivity index (χ4n) is 5.85. The van der Waals surface area contributed by atoms with Crippen molar-refractivity contribution in [1.82, 2.24) is 5.32 Å². The molecule has 2 aliphatic rings. The number of aromatic hydroxyl groups is 1. The molecule has 1 amide bonds. The lowest BCUT2D eigenvalue weighted by Gasteiger charge is -2.31. The number of benzene rings is 4. The molecule has 4 atom stereocenters. The Bertz CT molecular complexity index is 1520. The molecule has 5 nitrogen and oxygen atoms in total. The van der Waals surface area contributed by atoms with Gasteiger partial charge in [0.15, 0.2) is 5.78 Å². The van der Waals surface area contributed by atoms with Crippen LogP contribution in [0.15, 0.2) is 106 Å². The van der Waals surface area contributed by atoms with Gasteiger partial charge in [0.05, 0.1) is 5.92 Å². The van der Waals surface area contributed by atoms with Gasteiger partial charge >= 0.3 is 0 Å². The second-order valence-corrected chi connectivity index (χ2v) is 11.2. The van der Waals surface area contributed by atoms with E-state index >= 15 is 0 Å². The molecule has 6 rings (SSSR count). The minimum absolute atomic E-state index is 0.0770. The highest BCUT2D eigenvalue weighted by atomic mass is 79.9. The molecule has 0 radical (unpaired) electrons. The number of rotatable bonds is 4. The van der Waals surface area contributed by atoms with Gasteiger partial charge < -0.3 is 10.4 Å². The quantitative estimate of drug-likeness (QED) is 0.223. The third kappa shape index (κ3) is 3.84. The first kappa shape index (κ1) is 24.1. The van der Waals surface area contributed by atoms with Crippen molar-refractivity contribution in [3.8, 4) is 5.75 Å². The first-order valence-corrected chi connectivity index (χ1v) is 13.5. The Morgan fingerprint density at radius 3 is 2.30 bits per heavy atom. The van der Waals surface area contributed by atoms with Gasteiger partial charge in [0.2, 0.25) is 5.91 Å². The van der Waals surface area contributed by atoms with Crippen LogP contribution in [0, 0.1) is 5.92 Å². The van der Waals surface area contributed by atoms with Gasteiger partial charge in [-0.2, -0.15) is 0 Å². The van der Waals surface area contributed by atoms with Crippen molar-refractivity contribution in [3.05, 3.63) is 128 Å². The van der Waals surface area contributed by atoms with E-state index in [0.717, 1.165) is 25.6 Å². The van der Waals surface area contributed by atoms with Crippen LogP contribution in [0.25, 0.3) is 0 Å². The lowest BCUT2D eigenvalue weighted by Crippen LogP contribution is -2.50. The predicted molar refractivity (Wildman–Crippen MR) is 150 cm³/mol. The Kier molecular flexibility index (Phi) is 6.02. The van der Waals surface area contributed by atoms with Gasteiger partial charge in [0.25, 0.3) is 0 Å². The van der Waals surface area contributed by atoms with Crippen LogP contribution in [0.5, 0.6) is 5.75 Å². The van der Waals surface area contributed by atoms with Crippen molar-refractivity contribution < 1.29 is 14.7 Å². The fraction of sp³-hybridized carbons (Fsp3) is 0.133. The molecule has 37 heavy (non-hydrogen) atoms. The van der Waals surface area contributed by atoms with Crippen LogP contribution >= 0.6 is 31.9 Å². The highest BCUT2D eigenvalue weighted by molar-refractivity contribution is 9.10. The Morgan fingerprint density at radius 1 is 0.865 bits per heavy atom. The molecule has 3 N–H and O–H groups in total. The molecule has 2 heterocycles. The number of phenols is 1. The van der Waals surface area contributed by atoms with E-state index in [-0.39, 0.29) is 29.4 Å². The topological polar surface area (TPSA) is 78.4 Å². The maximum absolute atomic E-state index is 14.5. The summed E-state index contributed by atoms with van der Waals surface area (Å²) in [5.74, 6) is -1.51. The number of carbonyl (C=O) groups excluding carboxylic acids is 2. The molecule has 7 heteroatoms. The molecule has 2 aliphatic heterocycles.